The molecule has 4 heteroatoms. The number of nitrogens with one attached hydrogen (secondary N) is 1. The van der Waals surface area contributed by atoms with Gasteiger partial charge in [0.1, 0.15) is 6.04 Å². The molecule has 1 amide bonds. The summed E-state index contributed by atoms with van der Waals surface area (Å²) in [5, 5.41) is 3.06. The topological polar surface area (TPSA) is 45.2 Å². The largest absolute Gasteiger partial charge is 0.337 e. The van der Waals surface area contributed by atoms with E-state index in [9.17, 15) is 4.79 Å². The van der Waals surface area contributed by atoms with Crippen LogP contribution >= 0.6 is 0 Å². The third-order valence-electron chi connectivity index (χ3n) is 3.30. The first kappa shape index (κ1) is 12.8. The Morgan fingerprint density at radius 2 is 2.22 bits per heavy atom. The SMILES string of the molecule is C=C1CCCN(Cc2ccncc2)C(=O)C1NC. The number of nitrogens with zero attached hydrogens (tertiary/aromatic N) is 2. The van der Waals surface area contributed by atoms with Crippen LogP contribution < -0.4 is 5.32 Å². The zero-order chi connectivity index (χ0) is 13.0. The molecule has 0 spiro atoms. The molecule has 1 aliphatic heterocycles. The summed E-state index contributed by atoms with van der Waals surface area (Å²) in [6.45, 7) is 5.43. The third-order valence-corrected chi connectivity index (χ3v) is 3.30. The fraction of sp³-hybridized carbons (Fsp3) is 0.429. The standard InChI is InChI=1S/C14H19N3O/c1-11-4-3-9-17(14(18)13(11)15-2)10-12-5-7-16-8-6-12/h5-8,13,15H,1,3-4,9-10H2,2H3. The molecule has 1 unspecified atom stereocenters. The van der Waals surface area contributed by atoms with E-state index in [0.29, 0.717) is 6.54 Å². The van der Waals surface area contributed by atoms with Gasteiger partial charge >= 0.3 is 0 Å². The molecule has 1 saturated heterocycles. The number of likely N-dealkylation sites (tertiary alicyclic amines) is 1. The molecule has 1 atom stereocenters. The summed E-state index contributed by atoms with van der Waals surface area (Å²) in [6, 6.07) is 3.65. The second-order valence-corrected chi connectivity index (χ2v) is 4.60. The van der Waals surface area contributed by atoms with Crippen LogP contribution in [0.4, 0.5) is 0 Å². The number of rotatable bonds is 3. The Morgan fingerprint density at radius 1 is 1.50 bits per heavy atom. The van der Waals surface area contributed by atoms with E-state index in [1.54, 1.807) is 12.4 Å². The number of hydrogen-bond donors (Lipinski definition) is 1. The van der Waals surface area contributed by atoms with Crippen LogP contribution in [0.1, 0.15) is 18.4 Å². The molecule has 0 aliphatic carbocycles. The van der Waals surface area contributed by atoms with Gasteiger partial charge in [-0.15, -0.1) is 0 Å². The lowest BCUT2D eigenvalue weighted by Gasteiger charge is -2.24. The van der Waals surface area contributed by atoms with Gasteiger partial charge < -0.3 is 10.2 Å². The maximum absolute atomic E-state index is 12.4. The Bertz CT molecular complexity index is 430. The van der Waals surface area contributed by atoms with Gasteiger partial charge in [0, 0.05) is 25.5 Å². The molecule has 18 heavy (non-hydrogen) atoms. The van der Waals surface area contributed by atoms with Gasteiger partial charge in [-0.1, -0.05) is 12.2 Å². The first-order valence-corrected chi connectivity index (χ1v) is 6.25. The molecule has 96 valence electrons. The molecule has 1 fully saturated rings. The lowest BCUT2D eigenvalue weighted by molar-refractivity contribution is -0.132. The monoisotopic (exact) mass is 245 g/mol. The highest BCUT2D eigenvalue weighted by Crippen LogP contribution is 2.18. The predicted octanol–water partition coefficient (Wildman–Crippen LogP) is 1.35. The molecule has 2 rings (SSSR count). The summed E-state index contributed by atoms with van der Waals surface area (Å²) in [7, 11) is 1.81. The Hall–Kier alpha value is -1.68. The van der Waals surface area contributed by atoms with Crippen LogP contribution in [0.15, 0.2) is 36.7 Å². The van der Waals surface area contributed by atoms with E-state index in [1.165, 1.54) is 0 Å². The van der Waals surface area contributed by atoms with Crippen molar-refractivity contribution in [3.8, 4) is 0 Å². The Morgan fingerprint density at radius 3 is 2.89 bits per heavy atom. The Labute approximate surface area is 108 Å². The third kappa shape index (κ3) is 2.76. The molecule has 0 saturated carbocycles. The first-order valence-electron chi connectivity index (χ1n) is 6.25. The number of likely N-dealkylation sites (N-methyl/N-ethyl adjacent to an activating group) is 1. The highest BCUT2D eigenvalue weighted by Gasteiger charge is 2.27. The van der Waals surface area contributed by atoms with Crippen molar-refractivity contribution in [1.29, 1.82) is 0 Å². The van der Waals surface area contributed by atoms with Crippen LogP contribution in [0.3, 0.4) is 0 Å². The van der Waals surface area contributed by atoms with Crippen molar-refractivity contribution < 1.29 is 4.79 Å². The first-order chi connectivity index (χ1) is 8.72. The molecular weight excluding hydrogens is 226 g/mol. The minimum absolute atomic E-state index is 0.122. The predicted molar refractivity (Wildman–Crippen MR) is 70.9 cm³/mol. The Kier molecular flexibility index (Phi) is 4.10. The van der Waals surface area contributed by atoms with E-state index in [-0.39, 0.29) is 11.9 Å². The van der Waals surface area contributed by atoms with Crippen molar-refractivity contribution in [3.05, 3.63) is 42.2 Å². The summed E-state index contributed by atoms with van der Waals surface area (Å²) < 4.78 is 0. The minimum Gasteiger partial charge on any atom is -0.337 e. The lowest BCUT2D eigenvalue weighted by Crippen LogP contribution is -2.44. The molecular formula is C14H19N3O. The minimum atomic E-state index is -0.241. The van der Waals surface area contributed by atoms with Crippen LogP contribution in [-0.2, 0) is 11.3 Å². The van der Waals surface area contributed by atoms with Crippen molar-refractivity contribution in [2.45, 2.75) is 25.4 Å². The molecule has 0 bridgehead atoms. The zero-order valence-corrected chi connectivity index (χ0v) is 10.7. The summed E-state index contributed by atoms with van der Waals surface area (Å²) in [4.78, 5) is 18.3. The maximum atomic E-state index is 12.4. The fourth-order valence-corrected chi connectivity index (χ4v) is 2.30. The second kappa shape index (κ2) is 5.78. The van der Waals surface area contributed by atoms with Crippen molar-refractivity contribution in [3.63, 3.8) is 0 Å². The summed E-state index contributed by atoms with van der Waals surface area (Å²) in [5.74, 6) is 0.122. The van der Waals surface area contributed by atoms with Crippen molar-refractivity contribution in [2.24, 2.45) is 0 Å². The average Bonchev–Trinajstić information content (AvgIpc) is 2.51. The molecule has 1 aromatic rings. The number of hydrogen-bond acceptors (Lipinski definition) is 3. The van der Waals surface area contributed by atoms with E-state index in [2.05, 4.69) is 16.9 Å². The van der Waals surface area contributed by atoms with Crippen molar-refractivity contribution in [2.75, 3.05) is 13.6 Å². The number of aromatic nitrogens is 1. The van der Waals surface area contributed by atoms with Crippen LogP contribution in [0.2, 0.25) is 0 Å². The molecule has 4 nitrogen and oxygen atoms in total. The van der Waals surface area contributed by atoms with Gasteiger partial charge in [0.25, 0.3) is 0 Å². The Balaban J connectivity index is 2.12. The van der Waals surface area contributed by atoms with Gasteiger partial charge in [0.05, 0.1) is 0 Å². The second-order valence-electron chi connectivity index (χ2n) is 4.60. The van der Waals surface area contributed by atoms with E-state index < -0.39 is 0 Å². The zero-order valence-electron chi connectivity index (χ0n) is 10.7. The van der Waals surface area contributed by atoms with Gasteiger partial charge in [-0.3, -0.25) is 9.78 Å². The van der Waals surface area contributed by atoms with Gasteiger partial charge in [-0.05, 0) is 37.6 Å². The van der Waals surface area contributed by atoms with Crippen LogP contribution in [-0.4, -0.2) is 35.4 Å². The molecule has 0 radical (unpaired) electrons. The maximum Gasteiger partial charge on any atom is 0.244 e. The number of carbonyl (C=O) groups is 1. The van der Waals surface area contributed by atoms with Gasteiger partial charge in [0.15, 0.2) is 0 Å². The van der Waals surface area contributed by atoms with E-state index in [4.69, 9.17) is 0 Å². The number of carbonyl (C=O) groups excluding carboxylic acids is 1. The van der Waals surface area contributed by atoms with Gasteiger partial charge in [0.2, 0.25) is 5.91 Å². The van der Waals surface area contributed by atoms with E-state index in [0.717, 1.165) is 30.5 Å². The lowest BCUT2D eigenvalue weighted by atomic mass is 10.1. The molecule has 0 aromatic carbocycles. The molecule has 1 aromatic heterocycles. The highest BCUT2D eigenvalue weighted by atomic mass is 16.2. The van der Waals surface area contributed by atoms with Crippen LogP contribution in [0.25, 0.3) is 0 Å². The number of pyridine rings is 1. The van der Waals surface area contributed by atoms with Gasteiger partial charge in [-0.25, -0.2) is 0 Å². The molecule has 2 heterocycles. The summed E-state index contributed by atoms with van der Waals surface area (Å²) in [5.41, 5.74) is 2.10. The quantitative estimate of drug-likeness (QED) is 0.818. The molecule has 1 aliphatic rings. The summed E-state index contributed by atoms with van der Waals surface area (Å²) >= 11 is 0. The highest BCUT2D eigenvalue weighted by molar-refractivity contribution is 5.85. The normalized spacial score (nSPS) is 20.9. The number of amides is 1. The molecule has 1 N–H and O–H groups in total. The summed E-state index contributed by atoms with van der Waals surface area (Å²) in [6.07, 6.45) is 5.40. The smallest absolute Gasteiger partial charge is 0.244 e. The fourth-order valence-electron chi connectivity index (χ4n) is 2.30. The van der Waals surface area contributed by atoms with E-state index >= 15 is 0 Å². The average molecular weight is 245 g/mol. The van der Waals surface area contributed by atoms with Crippen molar-refractivity contribution in [1.82, 2.24) is 15.2 Å². The van der Waals surface area contributed by atoms with Crippen molar-refractivity contribution >= 4 is 5.91 Å². The van der Waals surface area contributed by atoms with Gasteiger partial charge in [-0.2, -0.15) is 0 Å². The van der Waals surface area contributed by atoms with E-state index in [1.807, 2.05) is 24.1 Å². The van der Waals surface area contributed by atoms with Crippen LogP contribution in [0.5, 0.6) is 0 Å². The van der Waals surface area contributed by atoms with Crippen LogP contribution in [0, 0.1) is 0 Å².